The zero-order chi connectivity index (χ0) is 7.56. The van der Waals surface area contributed by atoms with Gasteiger partial charge in [0.15, 0.2) is 0 Å². The van der Waals surface area contributed by atoms with E-state index in [1.165, 1.54) is 6.42 Å². The van der Waals surface area contributed by atoms with Gasteiger partial charge in [-0.05, 0) is 25.2 Å². The summed E-state index contributed by atoms with van der Waals surface area (Å²) < 4.78 is 0. The zero-order valence-corrected chi connectivity index (χ0v) is 6.59. The maximum atomic E-state index is 9.47. The van der Waals surface area contributed by atoms with Crippen molar-refractivity contribution in [3.63, 3.8) is 0 Å². The Labute approximate surface area is 62.8 Å². The van der Waals surface area contributed by atoms with Gasteiger partial charge in [0.25, 0.3) is 0 Å². The molecule has 1 N–H and O–H groups in total. The first-order valence-corrected chi connectivity index (χ1v) is 4.04. The van der Waals surface area contributed by atoms with Gasteiger partial charge in [0, 0.05) is 5.92 Å². The van der Waals surface area contributed by atoms with Crippen molar-refractivity contribution in [1.29, 1.82) is 0 Å². The summed E-state index contributed by atoms with van der Waals surface area (Å²) in [6, 6.07) is 0. The first-order valence-electron chi connectivity index (χ1n) is 4.04. The molecule has 0 aromatic rings. The third-order valence-electron chi connectivity index (χ3n) is 2.43. The Hall–Kier alpha value is -0.300. The van der Waals surface area contributed by atoms with Crippen molar-refractivity contribution in [2.45, 2.75) is 32.3 Å². The lowest BCUT2D eigenvalue weighted by atomic mass is 9.81. The lowest BCUT2D eigenvalue weighted by Crippen LogP contribution is -2.26. The van der Waals surface area contributed by atoms with Crippen molar-refractivity contribution in [3.8, 4) is 0 Å². The number of hydrogen-bond acceptors (Lipinski definition) is 1. The number of hydrogen-bond donors (Lipinski definition) is 1. The SMILES string of the molecule is C=C[C@@H]1CC[C@@H](C)C[C@H]1O. The van der Waals surface area contributed by atoms with Crippen molar-refractivity contribution < 1.29 is 5.11 Å². The van der Waals surface area contributed by atoms with Crippen LogP contribution in [0.5, 0.6) is 0 Å². The Balaban J connectivity index is 2.43. The predicted molar refractivity (Wildman–Crippen MR) is 42.7 cm³/mol. The quantitative estimate of drug-likeness (QED) is 0.552. The number of aliphatic hydroxyl groups is 1. The maximum absolute atomic E-state index is 9.47. The summed E-state index contributed by atoms with van der Waals surface area (Å²) in [4.78, 5) is 0. The van der Waals surface area contributed by atoms with Crippen molar-refractivity contribution in [2.75, 3.05) is 0 Å². The fourth-order valence-corrected chi connectivity index (χ4v) is 1.65. The summed E-state index contributed by atoms with van der Waals surface area (Å²) in [5.41, 5.74) is 0. The normalized spacial score (nSPS) is 41.2. The van der Waals surface area contributed by atoms with Gasteiger partial charge in [-0.3, -0.25) is 0 Å². The molecule has 1 aliphatic carbocycles. The third-order valence-corrected chi connectivity index (χ3v) is 2.43. The summed E-state index contributed by atoms with van der Waals surface area (Å²) in [5, 5.41) is 9.47. The van der Waals surface area contributed by atoms with Crippen molar-refractivity contribution in [3.05, 3.63) is 12.7 Å². The van der Waals surface area contributed by atoms with Gasteiger partial charge < -0.3 is 5.11 Å². The van der Waals surface area contributed by atoms with Crippen LogP contribution >= 0.6 is 0 Å². The minimum absolute atomic E-state index is 0.124. The molecule has 0 spiro atoms. The van der Waals surface area contributed by atoms with Crippen molar-refractivity contribution in [1.82, 2.24) is 0 Å². The molecule has 0 saturated heterocycles. The maximum Gasteiger partial charge on any atom is 0.0605 e. The van der Waals surface area contributed by atoms with Crippen molar-refractivity contribution >= 4 is 0 Å². The van der Waals surface area contributed by atoms with Crippen LogP contribution < -0.4 is 0 Å². The van der Waals surface area contributed by atoms with Gasteiger partial charge >= 0.3 is 0 Å². The van der Waals surface area contributed by atoms with Gasteiger partial charge in [0.2, 0.25) is 0 Å². The Morgan fingerprint density at radius 1 is 1.50 bits per heavy atom. The second-order valence-corrected chi connectivity index (χ2v) is 3.39. The standard InChI is InChI=1S/C9H16O/c1-3-8-5-4-7(2)6-9(8)10/h3,7-10H,1,4-6H2,2H3/t7-,8-,9-/m1/s1. The summed E-state index contributed by atoms with van der Waals surface area (Å²) >= 11 is 0. The molecule has 0 bridgehead atoms. The van der Waals surface area contributed by atoms with Crippen LogP contribution in [0.25, 0.3) is 0 Å². The highest BCUT2D eigenvalue weighted by Gasteiger charge is 2.23. The lowest BCUT2D eigenvalue weighted by molar-refractivity contribution is 0.0706. The van der Waals surface area contributed by atoms with E-state index in [9.17, 15) is 5.11 Å². The van der Waals surface area contributed by atoms with E-state index in [2.05, 4.69) is 13.5 Å². The monoisotopic (exact) mass is 140 g/mol. The first kappa shape index (κ1) is 7.80. The van der Waals surface area contributed by atoms with Gasteiger partial charge in [-0.25, -0.2) is 0 Å². The van der Waals surface area contributed by atoms with Crippen LogP contribution in [0, 0.1) is 11.8 Å². The summed E-state index contributed by atoms with van der Waals surface area (Å²) in [7, 11) is 0. The highest BCUT2D eigenvalue weighted by Crippen LogP contribution is 2.28. The van der Waals surface area contributed by atoms with Crippen LogP contribution in [0.1, 0.15) is 26.2 Å². The second kappa shape index (κ2) is 3.20. The molecule has 0 aromatic heterocycles. The molecule has 0 radical (unpaired) electrons. The Kier molecular flexibility index (Phi) is 2.50. The van der Waals surface area contributed by atoms with Crippen LogP contribution in [0.15, 0.2) is 12.7 Å². The second-order valence-electron chi connectivity index (χ2n) is 3.39. The number of rotatable bonds is 1. The molecular weight excluding hydrogens is 124 g/mol. The van der Waals surface area contributed by atoms with E-state index in [4.69, 9.17) is 0 Å². The van der Waals surface area contributed by atoms with Gasteiger partial charge in [0.05, 0.1) is 6.10 Å². The molecular formula is C9H16O. The molecule has 1 heteroatoms. The fraction of sp³-hybridized carbons (Fsp3) is 0.778. The minimum atomic E-state index is -0.124. The van der Waals surface area contributed by atoms with Crippen LogP contribution in [-0.2, 0) is 0 Å². The van der Waals surface area contributed by atoms with Crippen LogP contribution in [0.2, 0.25) is 0 Å². The molecule has 1 fully saturated rings. The fourth-order valence-electron chi connectivity index (χ4n) is 1.65. The molecule has 0 aromatic carbocycles. The molecule has 1 aliphatic rings. The third kappa shape index (κ3) is 1.60. The van der Waals surface area contributed by atoms with E-state index in [1.54, 1.807) is 0 Å². The number of aliphatic hydroxyl groups excluding tert-OH is 1. The summed E-state index contributed by atoms with van der Waals surface area (Å²) in [6.07, 6.45) is 5.08. The van der Waals surface area contributed by atoms with Crippen molar-refractivity contribution in [2.24, 2.45) is 11.8 Å². The molecule has 3 atom stereocenters. The van der Waals surface area contributed by atoms with Gasteiger partial charge in [-0.1, -0.05) is 13.0 Å². The molecule has 1 nitrogen and oxygen atoms in total. The largest absolute Gasteiger partial charge is 0.393 e. The highest BCUT2D eigenvalue weighted by atomic mass is 16.3. The topological polar surface area (TPSA) is 20.2 Å². The van der Waals surface area contributed by atoms with Gasteiger partial charge in [0.1, 0.15) is 0 Å². The zero-order valence-electron chi connectivity index (χ0n) is 6.59. The van der Waals surface area contributed by atoms with E-state index in [1.807, 2.05) is 6.08 Å². The van der Waals surface area contributed by atoms with E-state index < -0.39 is 0 Å². The van der Waals surface area contributed by atoms with Gasteiger partial charge in [-0.2, -0.15) is 0 Å². The van der Waals surface area contributed by atoms with E-state index in [0.29, 0.717) is 11.8 Å². The van der Waals surface area contributed by atoms with E-state index in [0.717, 1.165) is 12.8 Å². The molecule has 0 amide bonds. The van der Waals surface area contributed by atoms with E-state index in [-0.39, 0.29) is 6.10 Å². The smallest absolute Gasteiger partial charge is 0.0605 e. The predicted octanol–water partition coefficient (Wildman–Crippen LogP) is 1.97. The van der Waals surface area contributed by atoms with Crippen LogP contribution in [0.4, 0.5) is 0 Å². The van der Waals surface area contributed by atoms with Gasteiger partial charge in [-0.15, -0.1) is 6.58 Å². The molecule has 1 rings (SSSR count). The highest BCUT2D eigenvalue weighted by molar-refractivity contribution is 4.88. The minimum Gasteiger partial charge on any atom is -0.393 e. The Bertz CT molecular complexity index is 120. The van der Waals surface area contributed by atoms with E-state index >= 15 is 0 Å². The average Bonchev–Trinajstić information content (AvgIpc) is 1.88. The Morgan fingerprint density at radius 2 is 2.20 bits per heavy atom. The summed E-state index contributed by atoms with van der Waals surface area (Å²) in [5.74, 6) is 1.06. The molecule has 10 heavy (non-hydrogen) atoms. The molecule has 0 unspecified atom stereocenters. The average molecular weight is 140 g/mol. The molecule has 0 heterocycles. The van der Waals surface area contributed by atoms with Crippen LogP contribution in [0.3, 0.4) is 0 Å². The van der Waals surface area contributed by atoms with Crippen LogP contribution in [-0.4, -0.2) is 11.2 Å². The molecule has 0 aliphatic heterocycles. The summed E-state index contributed by atoms with van der Waals surface area (Å²) in [6.45, 7) is 5.90. The lowest BCUT2D eigenvalue weighted by Gasteiger charge is -2.29. The Morgan fingerprint density at radius 3 is 2.70 bits per heavy atom. The first-order chi connectivity index (χ1) is 4.74. The molecule has 58 valence electrons. The molecule has 1 saturated carbocycles.